The van der Waals surface area contributed by atoms with Crippen LogP contribution >= 0.6 is 28.3 Å². The molecule has 0 radical (unpaired) electrons. The number of amides is 2. The SMILES string of the molecule is Cl.F[C@@H]1CCNC1.NC(=O)CBr.NC(=O)CN1CC[C@@H](F)C1. The van der Waals surface area contributed by atoms with E-state index < -0.39 is 12.3 Å². The molecule has 2 aliphatic heterocycles. The van der Waals surface area contributed by atoms with E-state index in [1.165, 1.54) is 0 Å². The molecule has 2 amide bonds. The summed E-state index contributed by atoms with van der Waals surface area (Å²) in [6, 6.07) is 0. The van der Waals surface area contributed by atoms with Gasteiger partial charge in [0.1, 0.15) is 12.3 Å². The highest BCUT2D eigenvalue weighted by atomic mass is 79.9. The molecule has 2 saturated heterocycles. The summed E-state index contributed by atoms with van der Waals surface area (Å²) in [5, 5.41) is 3.15. The lowest BCUT2D eigenvalue weighted by molar-refractivity contribution is -0.119. The largest absolute Gasteiger partial charge is 0.369 e. The smallest absolute Gasteiger partial charge is 0.231 e. The van der Waals surface area contributed by atoms with Gasteiger partial charge in [0.05, 0.1) is 11.9 Å². The Morgan fingerprint density at radius 1 is 1.18 bits per heavy atom. The molecule has 132 valence electrons. The number of likely N-dealkylation sites (tertiary alicyclic amines) is 1. The molecule has 6 nitrogen and oxygen atoms in total. The lowest BCUT2D eigenvalue weighted by atomic mass is 10.3. The predicted octanol–water partition coefficient (Wildman–Crippen LogP) is 0.122. The van der Waals surface area contributed by atoms with E-state index in [1.807, 2.05) is 0 Å². The average Bonchev–Trinajstić information content (AvgIpc) is 3.02. The van der Waals surface area contributed by atoms with Crippen molar-refractivity contribution in [1.82, 2.24) is 10.2 Å². The highest BCUT2D eigenvalue weighted by molar-refractivity contribution is 9.09. The van der Waals surface area contributed by atoms with Gasteiger partial charge in [-0.3, -0.25) is 14.5 Å². The van der Waals surface area contributed by atoms with Crippen LogP contribution in [0.5, 0.6) is 0 Å². The van der Waals surface area contributed by atoms with Crippen LogP contribution in [0.15, 0.2) is 0 Å². The lowest BCUT2D eigenvalue weighted by Crippen LogP contribution is -2.32. The molecule has 0 spiro atoms. The second kappa shape index (κ2) is 14.1. The Balaban J connectivity index is 0. The third kappa shape index (κ3) is 14.4. The second-order valence-electron chi connectivity index (χ2n) is 4.78. The molecule has 2 aliphatic rings. The Kier molecular flexibility index (Phi) is 15.2. The predicted molar refractivity (Wildman–Crippen MR) is 87.8 cm³/mol. The molecule has 5 N–H and O–H groups in total. The van der Waals surface area contributed by atoms with E-state index >= 15 is 0 Å². The number of nitrogens with two attached hydrogens (primary N) is 2. The van der Waals surface area contributed by atoms with Crippen molar-refractivity contribution in [2.75, 3.05) is 38.1 Å². The van der Waals surface area contributed by atoms with Crippen molar-refractivity contribution in [1.29, 1.82) is 0 Å². The number of nitrogens with one attached hydrogen (secondary N) is 1. The van der Waals surface area contributed by atoms with Crippen LogP contribution in [0.1, 0.15) is 12.8 Å². The summed E-state index contributed by atoms with van der Waals surface area (Å²) < 4.78 is 24.3. The van der Waals surface area contributed by atoms with E-state index in [0.717, 1.165) is 6.54 Å². The topological polar surface area (TPSA) is 101 Å². The Hall–Kier alpha value is -0.510. The number of carbonyl (C=O) groups is 2. The van der Waals surface area contributed by atoms with E-state index in [4.69, 9.17) is 5.73 Å². The fourth-order valence-electron chi connectivity index (χ4n) is 1.77. The third-order valence-electron chi connectivity index (χ3n) is 2.73. The number of nitrogens with zero attached hydrogens (tertiary/aromatic N) is 1. The highest BCUT2D eigenvalue weighted by Gasteiger charge is 2.22. The zero-order chi connectivity index (χ0) is 16.3. The molecular formula is C12H24BrClF2N4O2. The van der Waals surface area contributed by atoms with Gasteiger partial charge in [0, 0.05) is 19.6 Å². The molecule has 10 heteroatoms. The maximum atomic E-state index is 12.4. The molecule has 2 heterocycles. The van der Waals surface area contributed by atoms with Gasteiger partial charge in [-0.2, -0.15) is 0 Å². The summed E-state index contributed by atoms with van der Waals surface area (Å²) in [6.07, 6.45) is -0.0860. The van der Waals surface area contributed by atoms with Crippen molar-refractivity contribution < 1.29 is 18.4 Å². The Bertz CT molecular complexity index is 324. The average molecular weight is 410 g/mol. The monoisotopic (exact) mass is 408 g/mol. The van der Waals surface area contributed by atoms with Crippen LogP contribution in [-0.4, -0.2) is 67.1 Å². The summed E-state index contributed by atoms with van der Waals surface area (Å²) in [7, 11) is 0. The van der Waals surface area contributed by atoms with Gasteiger partial charge < -0.3 is 16.8 Å². The first kappa shape index (κ1) is 23.8. The molecule has 2 rings (SSSR count). The standard InChI is InChI=1S/C6H11FN2O.C4H8FN.C2H4BrNO.ClH/c7-5-1-2-9(3-5)4-6(8)10;5-4-1-2-6-3-4;3-1-2(4)5;/h5H,1-4H2,(H2,8,10);4,6H,1-3H2;1H2,(H2,4,5);1H/t5-;4-;;/m11../s1. The number of rotatable bonds is 3. The molecular weight excluding hydrogens is 386 g/mol. The summed E-state index contributed by atoms with van der Waals surface area (Å²) in [6.45, 7) is 2.65. The Labute approximate surface area is 143 Å². The number of primary amides is 2. The van der Waals surface area contributed by atoms with Crippen molar-refractivity contribution >= 4 is 40.2 Å². The molecule has 22 heavy (non-hydrogen) atoms. The molecule has 0 aromatic heterocycles. The van der Waals surface area contributed by atoms with Crippen LogP contribution in [0.3, 0.4) is 0 Å². The van der Waals surface area contributed by atoms with Crippen LogP contribution in [-0.2, 0) is 9.59 Å². The summed E-state index contributed by atoms with van der Waals surface area (Å²) in [4.78, 5) is 21.6. The van der Waals surface area contributed by atoms with Gasteiger partial charge in [0.15, 0.2) is 0 Å². The quantitative estimate of drug-likeness (QED) is 0.576. The number of halogens is 4. The Morgan fingerprint density at radius 2 is 1.77 bits per heavy atom. The minimum absolute atomic E-state index is 0. The zero-order valence-corrected chi connectivity index (χ0v) is 14.7. The zero-order valence-electron chi connectivity index (χ0n) is 12.3. The maximum Gasteiger partial charge on any atom is 0.231 e. The normalized spacial score (nSPS) is 23.4. The van der Waals surface area contributed by atoms with Crippen LogP contribution in [0.2, 0.25) is 0 Å². The van der Waals surface area contributed by atoms with Gasteiger partial charge in [-0.05, 0) is 19.4 Å². The van der Waals surface area contributed by atoms with Gasteiger partial charge in [-0.15, -0.1) is 12.4 Å². The number of hydrogen-bond acceptors (Lipinski definition) is 4. The fourth-order valence-corrected chi connectivity index (χ4v) is 1.77. The molecule has 0 aromatic rings. The fraction of sp³-hybridized carbons (Fsp3) is 0.833. The van der Waals surface area contributed by atoms with Crippen LogP contribution in [0, 0.1) is 0 Å². The molecule has 2 fully saturated rings. The molecule has 0 saturated carbocycles. The van der Waals surface area contributed by atoms with Crippen LogP contribution in [0.25, 0.3) is 0 Å². The van der Waals surface area contributed by atoms with Crippen LogP contribution in [0.4, 0.5) is 8.78 Å². The van der Waals surface area contributed by atoms with E-state index in [0.29, 0.717) is 32.5 Å². The third-order valence-corrected chi connectivity index (χ3v) is 3.28. The minimum atomic E-state index is -0.764. The maximum absolute atomic E-state index is 12.4. The van der Waals surface area contributed by atoms with Gasteiger partial charge in [-0.1, -0.05) is 15.9 Å². The number of alkyl halides is 3. The second-order valence-corrected chi connectivity index (χ2v) is 5.34. The van der Waals surface area contributed by atoms with E-state index in [-0.39, 0.29) is 36.1 Å². The molecule has 0 aromatic carbocycles. The van der Waals surface area contributed by atoms with E-state index in [9.17, 15) is 18.4 Å². The molecule has 0 bridgehead atoms. The van der Waals surface area contributed by atoms with Crippen molar-refractivity contribution in [2.45, 2.75) is 25.2 Å². The molecule has 2 atom stereocenters. The first-order valence-corrected chi connectivity index (χ1v) is 7.81. The van der Waals surface area contributed by atoms with Crippen molar-refractivity contribution in [3.05, 3.63) is 0 Å². The molecule has 0 aliphatic carbocycles. The number of carbonyl (C=O) groups excluding carboxylic acids is 2. The first-order chi connectivity index (χ1) is 9.85. The van der Waals surface area contributed by atoms with Crippen molar-refractivity contribution in [3.8, 4) is 0 Å². The van der Waals surface area contributed by atoms with E-state index in [2.05, 4.69) is 27.0 Å². The van der Waals surface area contributed by atoms with Crippen molar-refractivity contribution in [3.63, 3.8) is 0 Å². The minimum Gasteiger partial charge on any atom is -0.369 e. The van der Waals surface area contributed by atoms with Crippen molar-refractivity contribution in [2.24, 2.45) is 11.5 Å². The number of hydrogen-bond donors (Lipinski definition) is 3. The summed E-state index contributed by atoms with van der Waals surface area (Å²) in [5.74, 6) is -0.709. The Morgan fingerprint density at radius 3 is 2.00 bits per heavy atom. The molecule has 0 unspecified atom stereocenters. The summed E-state index contributed by atoms with van der Waals surface area (Å²) in [5.41, 5.74) is 9.52. The van der Waals surface area contributed by atoms with Gasteiger partial charge in [0.25, 0.3) is 0 Å². The van der Waals surface area contributed by atoms with Gasteiger partial charge in [-0.25, -0.2) is 8.78 Å². The van der Waals surface area contributed by atoms with Gasteiger partial charge in [0.2, 0.25) is 11.8 Å². The summed E-state index contributed by atoms with van der Waals surface area (Å²) >= 11 is 2.84. The van der Waals surface area contributed by atoms with Crippen LogP contribution < -0.4 is 16.8 Å². The highest BCUT2D eigenvalue weighted by Crippen LogP contribution is 2.10. The lowest BCUT2D eigenvalue weighted by Gasteiger charge is -2.10. The first-order valence-electron chi connectivity index (χ1n) is 6.69. The van der Waals surface area contributed by atoms with Gasteiger partial charge >= 0.3 is 0 Å². The van der Waals surface area contributed by atoms with E-state index in [1.54, 1.807) is 4.90 Å².